The number of rotatable bonds is 2. The van der Waals surface area contributed by atoms with Crippen LogP contribution in [0.25, 0.3) is 0 Å². The van der Waals surface area contributed by atoms with E-state index in [-0.39, 0.29) is 11.8 Å². The summed E-state index contributed by atoms with van der Waals surface area (Å²) in [6, 6.07) is 0. The first kappa shape index (κ1) is 11.6. The van der Waals surface area contributed by atoms with Crippen LogP contribution in [-0.2, 0) is 0 Å². The molecular formula is C10H14IN5. The highest BCUT2D eigenvalue weighted by molar-refractivity contribution is 14.1. The van der Waals surface area contributed by atoms with Crippen LogP contribution in [0.3, 0.4) is 0 Å². The molecule has 2 rings (SSSR count). The van der Waals surface area contributed by atoms with Crippen molar-refractivity contribution >= 4 is 34.2 Å². The van der Waals surface area contributed by atoms with Crippen molar-refractivity contribution in [1.82, 2.24) is 9.97 Å². The molecule has 1 aliphatic rings. The molecule has 0 bridgehead atoms. The van der Waals surface area contributed by atoms with Gasteiger partial charge in [0.05, 0.1) is 9.41 Å². The molecule has 2 heterocycles. The van der Waals surface area contributed by atoms with Crippen LogP contribution in [0.5, 0.6) is 0 Å². The number of nitrogens with zero attached hydrogens (tertiary/aromatic N) is 3. The number of hydrogen-bond acceptors (Lipinski definition) is 4. The van der Waals surface area contributed by atoms with Gasteiger partial charge in [0.25, 0.3) is 0 Å². The molecule has 3 N–H and O–H groups in total. The fourth-order valence-electron chi connectivity index (χ4n) is 1.96. The van der Waals surface area contributed by atoms with Gasteiger partial charge in [0.15, 0.2) is 0 Å². The van der Waals surface area contributed by atoms with Gasteiger partial charge in [0.1, 0.15) is 12.1 Å². The van der Waals surface area contributed by atoms with Crippen molar-refractivity contribution < 1.29 is 0 Å². The Morgan fingerprint density at radius 2 is 2.44 bits per heavy atom. The molecule has 0 spiro atoms. The number of nitrogens with one attached hydrogen (secondary N) is 1. The fraction of sp³-hybridized carbons (Fsp3) is 0.500. The van der Waals surface area contributed by atoms with Gasteiger partial charge in [0, 0.05) is 25.2 Å². The van der Waals surface area contributed by atoms with Crippen LogP contribution >= 0.6 is 22.6 Å². The minimum atomic E-state index is 0.166. The minimum absolute atomic E-state index is 0.166. The number of hydrogen-bond donors (Lipinski definition) is 2. The predicted molar refractivity (Wildman–Crippen MR) is 71.6 cm³/mol. The summed E-state index contributed by atoms with van der Waals surface area (Å²) in [5, 5.41) is 7.51. The van der Waals surface area contributed by atoms with E-state index < -0.39 is 0 Å². The molecule has 16 heavy (non-hydrogen) atoms. The average Bonchev–Trinajstić information content (AvgIpc) is 2.30. The Bertz CT molecular complexity index is 395. The third-order valence-corrected chi connectivity index (χ3v) is 3.57. The molecule has 1 unspecified atom stereocenters. The summed E-state index contributed by atoms with van der Waals surface area (Å²) in [7, 11) is 0. The first-order valence-electron chi connectivity index (χ1n) is 5.23. The van der Waals surface area contributed by atoms with E-state index in [9.17, 15) is 0 Å². The topological polar surface area (TPSA) is 78.9 Å². The smallest absolute Gasteiger partial charge is 0.145 e. The van der Waals surface area contributed by atoms with Crippen molar-refractivity contribution in [2.75, 3.05) is 18.0 Å². The molecule has 0 radical (unpaired) electrons. The summed E-state index contributed by atoms with van der Waals surface area (Å²) in [5.41, 5.74) is 5.57. The number of nitrogens with two attached hydrogens (primary N) is 1. The molecular weight excluding hydrogens is 317 g/mol. The third kappa shape index (κ3) is 2.42. The van der Waals surface area contributed by atoms with Crippen molar-refractivity contribution in [2.24, 2.45) is 11.7 Å². The molecule has 6 heteroatoms. The number of aromatic nitrogens is 2. The van der Waals surface area contributed by atoms with Crippen molar-refractivity contribution in [2.45, 2.75) is 12.8 Å². The van der Waals surface area contributed by atoms with Gasteiger partial charge in [-0.25, -0.2) is 9.97 Å². The second kappa shape index (κ2) is 4.94. The molecule has 1 aromatic rings. The van der Waals surface area contributed by atoms with Crippen molar-refractivity contribution in [1.29, 1.82) is 5.41 Å². The maximum atomic E-state index is 7.51. The first-order valence-corrected chi connectivity index (χ1v) is 6.30. The van der Waals surface area contributed by atoms with E-state index in [1.807, 2.05) is 0 Å². The van der Waals surface area contributed by atoms with Gasteiger partial charge in [0.2, 0.25) is 0 Å². The molecule has 5 nitrogen and oxygen atoms in total. The van der Waals surface area contributed by atoms with E-state index in [1.54, 1.807) is 12.5 Å². The first-order chi connectivity index (χ1) is 7.68. The Morgan fingerprint density at radius 3 is 3.12 bits per heavy atom. The molecule has 1 aromatic heterocycles. The molecule has 0 amide bonds. The molecule has 0 aliphatic carbocycles. The normalized spacial score (nSPS) is 20.8. The van der Waals surface area contributed by atoms with Crippen LogP contribution in [0.2, 0.25) is 0 Å². The maximum absolute atomic E-state index is 7.51. The van der Waals surface area contributed by atoms with Crippen LogP contribution in [0.4, 0.5) is 5.82 Å². The molecule has 0 aromatic carbocycles. The van der Waals surface area contributed by atoms with E-state index in [0.29, 0.717) is 0 Å². The lowest BCUT2D eigenvalue weighted by atomic mass is 9.97. The number of halogens is 1. The maximum Gasteiger partial charge on any atom is 0.145 e. The Morgan fingerprint density at radius 1 is 1.62 bits per heavy atom. The van der Waals surface area contributed by atoms with Crippen LogP contribution in [0, 0.1) is 14.9 Å². The Labute approximate surface area is 108 Å². The summed E-state index contributed by atoms with van der Waals surface area (Å²) in [4.78, 5) is 10.5. The predicted octanol–water partition coefficient (Wildman–Crippen LogP) is 1.23. The highest BCUT2D eigenvalue weighted by atomic mass is 127. The van der Waals surface area contributed by atoms with Gasteiger partial charge < -0.3 is 10.6 Å². The van der Waals surface area contributed by atoms with E-state index >= 15 is 0 Å². The summed E-state index contributed by atoms with van der Waals surface area (Å²) >= 11 is 2.24. The van der Waals surface area contributed by atoms with Gasteiger partial charge in [-0.3, -0.25) is 5.41 Å². The highest BCUT2D eigenvalue weighted by Gasteiger charge is 2.23. The van der Waals surface area contributed by atoms with Crippen LogP contribution in [0.15, 0.2) is 12.5 Å². The monoisotopic (exact) mass is 331 g/mol. The van der Waals surface area contributed by atoms with Gasteiger partial charge in [-0.05, 0) is 35.4 Å². The Hall–Kier alpha value is -0.920. The van der Waals surface area contributed by atoms with Crippen molar-refractivity contribution in [3.63, 3.8) is 0 Å². The summed E-state index contributed by atoms with van der Waals surface area (Å²) < 4.78 is 1.05. The van der Waals surface area contributed by atoms with E-state index in [1.165, 1.54) is 0 Å². The zero-order chi connectivity index (χ0) is 11.5. The zero-order valence-corrected chi connectivity index (χ0v) is 11.0. The lowest BCUT2D eigenvalue weighted by Gasteiger charge is -2.33. The standard InChI is InChI=1S/C10H14IN5/c11-8-4-14-6-15-10(8)16-3-1-2-7(5-16)9(12)13/h4,6-7H,1-3,5H2,(H3,12,13). The van der Waals surface area contributed by atoms with E-state index in [4.69, 9.17) is 11.1 Å². The van der Waals surface area contributed by atoms with E-state index in [2.05, 4.69) is 37.5 Å². The second-order valence-electron chi connectivity index (χ2n) is 3.93. The molecule has 1 fully saturated rings. The Kier molecular flexibility index (Phi) is 3.57. The van der Waals surface area contributed by atoms with Gasteiger partial charge in [-0.1, -0.05) is 0 Å². The summed E-state index contributed by atoms with van der Waals surface area (Å²) in [5.74, 6) is 1.41. The van der Waals surface area contributed by atoms with Gasteiger partial charge in [-0.15, -0.1) is 0 Å². The summed E-state index contributed by atoms with van der Waals surface area (Å²) in [6.07, 6.45) is 5.44. The third-order valence-electron chi connectivity index (χ3n) is 2.81. The fourth-order valence-corrected chi connectivity index (χ4v) is 2.60. The van der Waals surface area contributed by atoms with Crippen LogP contribution in [-0.4, -0.2) is 28.9 Å². The number of anilines is 1. The Balaban J connectivity index is 2.16. The molecule has 1 atom stereocenters. The molecule has 1 aliphatic heterocycles. The zero-order valence-electron chi connectivity index (χ0n) is 8.86. The van der Waals surface area contributed by atoms with Crippen molar-refractivity contribution in [3.8, 4) is 0 Å². The number of amidine groups is 1. The lowest BCUT2D eigenvalue weighted by Crippen LogP contribution is -2.41. The lowest BCUT2D eigenvalue weighted by molar-refractivity contribution is 0.499. The molecule has 1 saturated heterocycles. The second-order valence-corrected chi connectivity index (χ2v) is 5.10. The SMILES string of the molecule is N=C(N)C1CCCN(c2ncncc2I)C1. The van der Waals surface area contributed by atoms with Gasteiger partial charge in [-0.2, -0.15) is 0 Å². The molecule has 0 saturated carbocycles. The largest absolute Gasteiger partial charge is 0.387 e. The highest BCUT2D eigenvalue weighted by Crippen LogP contribution is 2.24. The average molecular weight is 331 g/mol. The number of piperidine rings is 1. The van der Waals surface area contributed by atoms with Gasteiger partial charge >= 0.3 is 0 Å². The minimum Gasteiger partial charge on any atom is -0.387 e. The van der Waals surface area contributed by atoms with Crippen molar-refractivity contribution in [3.05, 3.63) is 16.1 Å². The quantitative estimate of drug-likeness (QED) is 0.485. The molecule has 86 valence electrons. The van der Waals surface area contributed by atoms with Crippen LogP contribution < -0.4 is 10.6 Å². The van der Waals surface area contributed by atoms with E-state index in [0.717, 1.165) is 35.3 Å². The van der Waals surface area contributed by atoms with Crippen LogP contribution in [0.1, 0.15) is 12.8 Å². The summed E-state index contributed by atoms with van der Waals surface area (Å²) in [6.45, 7) is 1.78.